The molecule has 0 spiro atoms. The van der Waals surface area contributed by atoms with Crippen molar-refractivity contribution < 1.29 is 4.92 Å². The van der Waals surface area contributed by atoms with Crippen LogP contribution in [0.25, 0.3) is 0 Å². The number of anilines is 3. The maximum absolute atomic E-state index is 11.0. The van der Waals surface area contributed by atoms with Gasteiger partial charge in [0.1, 0.15) is 11.6 Å². The van der Waals surface area contributed by atoms with E-state index >= 15 is 0 Å². The Hall–Kier alpha value is -2.15. The summed E-state index contributed by atoms with van der Waals surface area (Å²) in [6, 6.07) is 8.66. The molecule has 0 atom stereocenters. The third-order valence-electron chi connectivity index (χ3n) is 2.76. The highest BCUT2D eigenvalue weighted by molar-refractivity contribution is 9.10. The zero-order valence-corrected chi connectivity index (χ0v) is 13.3. The standard InChI is InChI=1S/C14H15BrN4O2/c1-3-16-13-7-10(19(20)21)8-14(18-13)17-12-6-9(2)4-5-11(12)15/h4-8H,3H2,1-2H3,(H2,16,17,18). The van der Waals surface area contributed by atoms with Crippen LogP contribution >= 0.6 is 15.9 Å². The quantitative estimate of drug-likeness (QED) is 0.622. The number of hydrogen-bond acceptors (Lipinski definition) is 5. The van der Waals surface area contributed by atoms with Crippen LogP contribution in [-0.4, -0.2) is 16.5 Å². The smallest absolute Gasteiger partial charge is 0.276 e. The monoisotopic (exact) mass is 350 g/mol. The first-order chi connectivity index (χ1) is 9.99. The molecule has 7 heteroatoms. The van der Waals surface area contributed by atoms with Crippen molar-refractivity contribution in [3.05, 3.63) is 50.5 Å². The average molecular weight is 351 g/mol. The summed E-state index contributed by atoms with van der Waals surface area (Å²) in [5.74, 6) is 0.893. The molecule has 21 heavy (non-hydrogen) atoms. The molecule has 110 valence electrons. The molecule has 0 saturated carbocycles. The number of hydrogen-bond donors (Lipinski definition) is 2. The molecule has 2 aromatic rings. The van der Waals surface area contributed by atoms with E-state index in [0.29, 0.717) is 18.2 Å². The molecule has 0 aliphatic heterocycles. The molecule has 0 saturated heterocycles. The third kappa shape index (κ3) is 3.91. The second-order valence-electron chi connectivity index (χ2n) is 4.49. The predicted octanol–water partition coefficient (Wildman–Crippen LogP) is 4.24. The average Bonchev–Trinajstić information content (AvgIpc) is 2.43. The van der Waals surface area contributed by atoms with Gasteiger partial charge in [0.2, 0.25) is 0 Å². The van der Waals surface area contributed by atoms with E-state index < -0.39 is 4.92 Å². The van der Waals surface area contributed by atoms with E-state index in [4.69, 9.17) is 0 Å². The Balaban J connectivity index is 2.38. The zero-order valence-electron chi connectivity index (χ0n) is 11.7. The number of aryl methyl sites for hydroxylation is 1. The SMILES string of the molecule is CCNc1cc([N+](=O)[O-])cc(Nc2cc(C)ccc2Br)n1. The van der Waals surface area contributed by atoms with Crippen LogP contribution in [0.1, 0.15) is 12.5 Å². The number of aromatic nitrogens is 1. The van der Waals surface area contributed by atoms with Crippen molar-refractivity contribution in [3.8, 4) is 0 Å². The second-order valence-corrected chi connectivity index (χ2v) is 5.35. The van der Waals surface area contributed by atoms with E-state index in [9.17, 15) is 10.1 Å². The van der Waals surface area contributed by atoms with E-state index in [-0.39, 0.29) is 5.69 Å². The highest BCUT2D eigenvalue weighted by Crippen LogP contribution is 2.28. The number of halogens is 1. The molecule has 0 amide bonds. The summed E-state index contributed by atoms with van der Waals surface area (Å²) in [6.07, 6.45) is 0. The van der Waals surface area contributed by atoms with Crippen molar-refractivity contribution in [3.63, 3.8) is 0 Å². The van der Waals surface area contributed by atoms with Gasteiger partial charge in [0.25, 0.3) is 5.69 Å². The fourth-order valence-electron chi connectivity index (χ4n) is 1.83. The lowest BCUT2D eigenvalue weighted by molar-refractivity contribution is -0.384. The number of nitrogens with zero attached hydrogens (tertiary/aromatic N) is 2. The molecule has 0 fully saturated rings. The van der Waals surface area contributed by atoms with Gasteiger partial charge in [0, 0.05) is 11.0 Å². The van der Waals surface area contributed by atoms with Crippen LogP contribution in [0, 0.1) is 17.0 Å². The van der Waals surface area contributed by atoms with Gasteiger partial charge in [-0.2, -0.15) is 0 Å². The Morgan fingerprint density at radius 2 is 2.00 bits per heavy atom. The number of rotatable bonds is 5. The predicted molar refractivity (Wildman–Crippen MR) is 87.2 cm³/mol. The first-order valence-electron chi connectivity index (χ1n) is 6.43. The van der Waals surface area contributed by atoms with Crippen molar-refractivity contribution in [2.45, 2.75) is 13.8 Å². The van der Waals surface area contributed by atoms with Crippen molar-refractivity contribution >= 4 is 38.9 Å². The second kappa shape index (κ2) is 6.53. The molecule has 2 N–H and O–H groups in total. The molecule has 0 bridgehead atoms. The molecule has 1 heterocycles. The number of benzene rings is 1. The van der Waals surface area contributed by atoms with Gasteiger partial charge in [-0.05, 0) is 47.5 Å². The summed E-state index contributed by atoms with van der Waals surface area (Å²) in [5.41, 5.74) is 1.88. The summed E-state index contributed by atoms with van der Waals surface area (Å²) in [7, 11) is 0. The van der Waals surface area contributed by atoms with Gasteiger partial charge in [-0.3, -0.25) is 10.1 Å². The molecule has 0 aliphatic rings. The molecule has 1 aromatic heterocycles. The Bertz CT molecular complexity index is 676. The lowest BCUT2D eigenvalue weighted by atomic mass is 10.2. The van der Waals surface area contributed by atoms with Crippen LogP contribution in [0.2, 0.25) is 0 Å². The molecule has 0 unspecified atom stereocenters. The van der Waals surface area contributed by atoms with Crippen molar-refractivity contribution in [2.24, 2.45) is 0 Å². The van der Waals surface area contributed by atoms with Crippen LogP contribution in [0.15, 0.2) is 34.8 Å². The normalized spacial score (nSPS) is 10.2. The summed E-state index contributed by atoms with van der Waals surface area (Å²) < 4.78 is 0.867. The molecular weight excluding hydrogens is 336 g/mol. The van der Waals surface area contributed by atoms with Crippen LogP contribution in [0.3, 0.4) is 0 Å². The summed E-state index contributed by atoms with van der Waals surface area (Å²) in [6.45, 7) is 4.52. The summed E-state index contributed by atoms with van der Waals surface area (Å²) in [4.78, 5) is 14.9. The number of nitrogens with one attached hydrogen (secondary N) is 2. The Labute approximate surface area is 130 Å². The topological polar surface area (TPSA) is 80.1 Å². The lowest BCUT2D eigenvalue weighted by Gasteiger charge is -2.10. The Morgan fingerprint density at radius 1 is 1.29 bits per heavy atom. The zero-order chi connectivity index (χ0) is 15.4. The minimum Gasteiger partial charge on any atom is -0.370 e. The number of pyridine rings is 1. The van der Waals surface area contributed by atoms with Crippen molar-refractivity contribution in [1.29, 1.82) is 0 Å². The van der Waals surface area contributed by atoms with Gasteiger partial charge in [0.15, 0.2) is 0 Å². The van der Waals surface area contributed by atoms with E-state index in [1.165, 1.54) is 12.1 Å². The van der Waals surface area contributed by atoms with E-state index in [1.54, 1.807) is 0 Å². The fourth-order valence-corrected chi connectivity index (χ4v) is 2.18. The third-order valence-corrected chi connectivity index (χ3v) is 3.45. The first-order valence-corrected chi connectivity index (χ1v) is 7.22. The Morgan fingerprint density at radius 3 is 2.67 bits per heavy atom. The van der Waals surface area contributed by atoms with Crippen molar-refractivity contribution in [1.82, 2.24) is 4.98 Å². The minimum atomic E-state index is -0.432. The van der Waals surface area contributed by atoms with Crippen molar-refractivity contribution in [2.75, 3.05) is 17.2 Å². The maximum atomic E-state index is 11.0. The molecular formula is C14H15BrN4O2. The highest BCUT2D eigenvalue weighted by atomic mass is 79.9. The van der Waals surface area contributed by atoms with Gasteiger partial charge in [-0.25, -0.2) is 4.98 Å². The van der Waals surface area contributed by atoms with Crippen LogP contribution < -0.4 is 10.6 Å². The summed E-state index contributed by atoms with van der Waals surface area (Å²) in [5, 5.41) is 17.1. The maximum Gasteiger partial charge on any atom is 0.276 e. The fraction of sp³-hybridized carbons (Fsp3) is 0.214. The van der Waals surface area contributed by atoms with E-state index in [1.807, 2.05) is 32.0 Å². The van der Waals surface area contributed by atoms with Crippen LogP contribution in [0.5, 0.6) is 0 Å². The first kappa shape index (κ1) is 15.2. The molecule has 0 aliphatic carbocycles. The van der Waals surface area contributed by atoms with Gasteiger partial charge >= 0.3 is 0 Å². The Kier molecular flexibility index (Phi) is 4.74. The molecule has 6 nitrogen and oxygen atoms in total. The van der Waals surface area contributed by atoms with Crippen LogP contribution in [0.4, 0.5) is 23.0 Å². The molecule has 2 rings (SSSR count). The minimum absolute atomic E-state index is 0.00720. The lowest BCUT2D eigenvalue weighted by Crippen LogP contribution is -2.03. The number of nitro groups is 1. The van der Waals surface area contributed by atoms with E-state index in [2.05, 4.69) is 31.5 Å². The van der Waals surface area contributed by atoms with Crippen LogP contribution in [-0.2, 0) is 0 Å². The largest absolute Gasteiger partial charge is 0.370 e. The van der Waals surface area contributed by atoms with Gasteiger partial charge < -0.3 is 10.6 Å². The van der Waals surface area contributed by atoms with Gasteiger partial charge in [-0.1, -0.05) is 6.07 Å². The summed E-state index contributed by atoms with van der Waals surface area (Å²) >= 11 is 3.44. The molecule has 1 aromatic carbocycles. The van der Waals surface area contributed by atoms with E-state index in [0.717, 1.165) is 15.7 Å². The molecule has 0 radical (unpaired) electrons. The highest BCUT2D eigenvalue weighted by Gasteiger charge is 2.12. The van der Waals surface area contributed by atoms with Gasteiger partial charge in [-0.15, -0.1) is 0 Å². The van der Waals surface area contributed by atoms with Gasteiger partial charge in [0.05, 0.1) is 22.7 Å².